The highest BCUT2D eigenvalue weighted by Gasteiger charge is 2.38. The van der Waals surface area contributed by atoms with E-state index in [0.717, 1.165) is 0 Å². The maximum atomic E-state index is 15.1. The van der Waals surface area contributed by atoms with E-state index in [4.69, 9.17) is 13.9 Å². The molecule has 11 nitrogen and oxygen atoms in total. The van der Waals surface area contributed by atoms with E-state index in [1.807, 2.05) is 6.07 Å². The van der Waals surface area contributed by atoms with Crippen LogP contribution in [-0.4, -0.2) is 69.6 Å². The summed E-state index contributed by atoms with van der Waals surface area (Å²) in [5.74, 6) is -1.75. The number of aliphatic hydroxyl groups is 1. The first kappa shape index (κ1) is 29.8. The summed E-state index contributed by atoms with van der Waals surface area (Å²) in [5.41, 5.74) is 0.197. The molecule has 1 aliphatic heterocycles. The molecule has 0 bridgehead atoms. The van der Waals surface area contributed by atoms with E-state index in [-0.39, 0.29) is 31.7 Å². The topological polar surface area (TPSA) is 147 Å². The average Bonchev–Trinajstić information content (AvgIpc) is 3.06. The molecule has 12 heteroatoms. The Kier molecular flexibility index (Phi) is 8.24. The number of aromatic nitrogens is 1. The number of ether oxygens (including phenoxy) is 2. The number of amides is 2. The molecule has 2 N–H and O–H groups in total. The highest BCUT2D eigenvalue weighted by Crippen LogP contribution is 2.26. The molecule has 1 aromatic heterocycles. The summed E-state index contributed by atoms with van der Waals surface area (Å²) < 4.78 is 32.6. The van der Waals surface area contributed by atoms with Crippen LogP contribution in [0.15, 0.2) is 45.6 Å². The molecule has 41 heavy (non-hydrogen) atoms. The first-order chi connectivity index (χ1) is 19.2. The van der Waals surface area contributed by atoms with Gasteiger partial charge in [-0.1, -0.05) is 18.2 Å². The molecule has 1 fully saturated rings. The van der Waals surface area contributed by atoms with Crippen molar-refractivity contribution in [2.45, 2.75) is 57.5 Å². The minimum atomic E-state index is -1.43. The molecule has 0 radical (unpaired) electrons. The summed E-state index contributed by atoms with van der Waals surface area (Å²) >= 11 is 0. The standard InChI is InChI=1S/C29H33FN4O7/c1-28(2,3)41-27(37)34-14-24(39-16-29(4,38)15-34)25(35)32-20(13-31)10-19-7-6-17(11-21(19)30)18-8-9-23-22(12-18)33(5)26(36)40-23/h6-9,11-12,20,24,38H,10,14-16H2,1-5H3,(H,32,35)/t20-,24-,29-/m0/s1. The number of nitriles is 1. The van der Waals surface area contributed by atoms with Crippen LogP contribution in [0, 0.1) is 17.1 Å². The van der Waals surface area contributed by atoms with Crippen molar-refractivity contribution in [3.05, 3.63) is 58.3 Å². The van der Waals surface area contributed by atoms with Gasteiger partial charge in [-0.2, -0.15) is 5.26 Å². The number of carbonyl (C=O) groups excluding carboxylic acids is 2. The number of hydrogen-bond donors (Lipinski definition) is 2. The molecule has 0 aliphatic carbocycles. The Labute approximate surface area is 236 Å². The predicted molar refractivity (Wildman–Crippen MR) is 146 cm³/mol. The summed E-state index contributed by atoms with van der Waals surface area (Å²) in [6, 6.07) is 10.5. The van der Waals surface area contributed by atoms with E-state index in [9.17, 15) is 24.8 Å². The normalized spacial score (nSPS) is 20.2. The molecule has 0 saturated carbocycles. The monoisotopic (exact) mass is 568 g/mol. The van der Waals surface area contributed by atoms with Crippen LogP contribution in [0.2, 0.25) is 0 Å². The minimum Gasteiger partial charge on any atom is -0.444 e. The Hall–Kier alpha value is -4.21. The van der Waals surface area contributed by atoms with Gasteiger partial charge in [0.05, 0.1) is 31.3 Å². The highest BCUT2D eigenvalue weighted by atomic mass is 19.1. The summed E-state index contributed by atoms with van der Waals surface area (Å²) in [6.07, 6.45) is -2.02. The van der Waals surface area contributed by atoms with Gasteiger partial charge in [0.25, 0.3) is 5.91 Å². The number of rotatable bonds is 5. The number of carbonyl (C=O) groups is 2. The number of hydrogen-bond acceptors (Lipinski definition) is 8. The molecule has 3 aromatic rings. The van der Waals surface area contributed by atoms with Gasteiger partial charge in [-0.3, -0.25) is 9.36 Å². The van der Waals surface area contributed by atoms with E-state index in [0.29, 0.717) is 22.2 Å². The van der Waals surface area contributed by atoms with E-state index in [2.05, 4.69) is 5.32 Å². The Morgan fingerprint density at radius 1 is 1.27 bits per heavy atom. The lowest BCUT2D eigenvalue weighted by molar-refractivity contribution is -0.135. The molecule has 2 aromatic carbocycles. The zero-order valence-electron chi connectivity index (χ0n) is 23.6. The lowest BCUT2D eigenvalue weighted by atomic mass is 10.00. The summed E-state index contributed by atoms with van der Waals surface area (Å²) in [6.45, 7) is 6.03. The number of nitrogens with zero attached hydrogens (tertiary/aromatic N) is 3. The van der Waals surface area contributed by atoms with E-state index in [1.54, 1.807) is 52.1 Å². The van der Waals surface area contributed by atoms with E-state index >= 15 is 4.39 Å². The van der Waals surface area contributed by atoms with Gasteiger partial charge in [-0.05, 0) is 62.6 Å². The van der Waals surface area contributed by atoms with Crippen molar-refractivity contribution in [2.24, 2.45) is 7.05 Å². The van der Waals surface area contributed by atoms with E-state index < -0.39 is 46.9 Å². The first-order valence-electron chi connectivity index (χ1n) is 13.1. The summed E-state index contributed by atoms with van der Waals surface area (Å²) in [7, 11) is 1.58. The lowest BCUT2D eigenvalue weighted by Gasteiger charge is -2.30. The van der Waals surface area contributed by atoms with Crippen molar-refractivity contribution in [2.75, 3.05) is 19.7 Å². The van der Waals surface area contributed by atoms with Gasteiger partial charge < -0.3 is 29.2 Å². The molecule has 2 amide bonds. The fourth-order valence-electron chi connectivity index (χ4n) is 4.49. The second kappa shape index (κ2) is 11.3. The number of halogens is 1. The zero-order chi connectivity index (χ0) is 30.1. The Bertz CT molecular complexity index is 1560. The van der Waals surface area contributed by atoms with Gasteiger partial charge in [0.15, 0.2) is 11.7 Å². The number of benzene rings is 2. The summed E-state index contributed by atoms with van der Waals surface area (Å²) in [5, 5.41) is 22.8. The van der Waals surface area contributed by atoms with Crippen LogP contribution in [0.3, 0.4) is 0 Å². The summed E-state index contributed by atoms with van der Waals surface area (Å²) in [4.78, 5) is 38.7. The van der Waals surface area contributed by atoms with Crippen molar-refractivity contribution < 1.29 is 33.0 Å². The Balaban J connectivity index is 1.46. The van der Waals surface area contributed by atoms with Gasteiger partial charge in [-0.25, -0.2) is 14.0 Å². The fourth-order valence-corrected chi connectivity index (χ4v) is 4.49. The third kappa shape index (κ3) is 7.11. The Morgan fingerprint density at radius 2 is 1.95 bits per heavy atom. The smallest absolute Gasteiger partial charge is 0.419 e. The van der Waals surface area contributed by atoms with Crippen LogP contribution < -0.4 is 11.1 Å². The van der Waals surface area contributed by atoms with Crippen LogP contribution in [0.25, 0.3) is 22.2 Å². The molecule has 218 valence electrons. The predicted octanol–water partition coefficient (Wildman–Crippen LogP) is 2.88. The molecule has 1 saturated heterocycles. The molecule has 0 unspecified atom stereocenters. The molecule has 4 rings (SSSR count). The van der Waals surface area contributed by atoms with Gasteiger partial charge >= 0.3 is 11.8 Å². The molecule has 0 spiro atoms. The molecule has 2 heterocycles. The first-order valence-corrected chi connectivity index (χ1v) is 13.1. The van der Waals surface area contributed by atoms with Crippen molar-refractivity contribution in [1.29, 1.82) is 5.26 Å². The van der Waals surface area contributed by atoms with Crippen LogP contribution in [0.4, 0.5) is 9.18 Å². The van der Waals surface area contributed by atoms with Crippen LogP contribution in [-0.2, 0) is 27.7 Å². The highest BCUT2D eigenvalue weighted by molar-refractivity contribution is 5.83. The molecular formula is C29H33FN4O7. The van der Waals surface area contributed by atoms with Gasteiger partial charge in [0.2, 0.25) is 0 Å². The second-order valence-electron chi connectivity index (χ2n) is 11.5. The van der Waals surface area contributed by atoms with Crippen LogP contribution in [0.5, 0.6) is 0 Å². The van der Waals surface area contributed by atoms with E-state index in [1.165, 1.54) is 28.5 Å². The van der Waals surface area contributed by atoms with Gasteiger partial charge in [0.1, 0.15) is 23.1 Å². The van der Waals surface area contributed by atoms with Crippen LogP contribution >= 0.6 is 0 Å². The van der Waals surface area contributed by atoms with Crippen molar-refractivity contribution in [3.63, 3.8) is 0 Å². The minimum absolute atomic E-state index is 0.116. The van der Waals surface area contributed by atoms with Crippen molar-refractivity contribution in [1.82, 2.24) is 14.8 Å². The lowest BCUT2D eigenvalue weighted by Crippen LogP contribution is -2.49. The fraction of sp³-hybridized carbons (Fsp3) is 0.448. The van der Waals surface area contributed by atoms with Gasteiger partial charge in [0, 0.05) is 13.5 Å². The zero-order valence-corrected chi connectivity index (χ0v) is 23.6. The quantitative estimate of drug-likeness (QED) is 0.478. The third-order valence-corrected chi connectivity index (χ3v) is 6.53. The molecule has 3 atom stereocenters. The number of β-amino-alcohol motifs (C(OH)–C–C–N with tert-alkyl or cyclic N) is 1. The largest absolute Gasteiger partial charge is 0.444 e. The maximum absolute atomic E-state index is 15.1. The van der Waals surface area contributed by atoms with Crippen molar-refractivity contribution >= 4 is 23.1 Å². The number of nitrogens with one attached hydrogen (secondary N) is 1. The number of oxazole rings is 1. The van der Waals surface area contributed by atoms with Gasteiger partial charge in [-0.15, -0.1) is 0 Å². The molecular weight excluding hydrogens is 535 g/mol. The average molecular weight is 569 g/mol. The molecule has 1 aliphatic rings. The van der Waals surface area contributed by atoms with Crippen molar-refractivity contribution in [3.8, 4) is 17.2 Å². The number of aryl methyl sites for hydroxylation is 1. The SMILES string of the molecule is Cn1c(=O)oc2ccc(-c3ccc(C[C@@H](C#N)NC(=O)[C@@H]4CN(C(=O)OC(C)(C)C)C[C@](C)(O)CO4)c(F)c3)cc21. The number of fused-ring (bicyclic) bond motifs is 1. The third-order valence-electron chi connectivity index (χ3n) is 6.53. The second-order valence-corrected chi connectivity index (χ2v) is 11.5. The Morgan fingerprint density at radius 3 is 2.61 bits per heavy atom. The van der Waals surface area contributed by atoms with Crippen LogP contribution in [0.1, 0.15) is 33.3 Å². The maximum Gasteiger partial charge on any atom is 0.419 e.